The number of nitrogens with zero attached hydrogens (tertiary/aromatic N) is 4. The van der Waals surface area contributed by atoms with Gasteiger partial charge in [-0.15, -0.1) is 10.2 Å². The van der Waals surface area contributed by atoms with Gasteiger partial charge in [-0.3, -0.25) is 4.40 Å². The quantitative estimate of drug-likeness (QED) is 0.613. The monoisotopic (exact) mass is 318 g/mol. The molecule has 0 spiro atoms. The van der Waals surface area contributed by atoms with Gasteiger partial charge < -0.3 is 10.0 Å². The van der Waals surface area contributed by atoms with Gasteiger partial charge in [-0.25, -0.2) is 0 Å². The van der Waals surface area contributed by atoms with Crippen LogP contribution in [-0.4, -0.2) is 33.8 Å². The number of phenolic OH excluding ortho intramolecular Hbond substituents is 1. The fraction of sp³-hybridized carbons (Fsp3) is 0.158. The molecule has 5 heteroatoms. The average molecular weight is 318 g/mol. The highest BCUT2D eigenvalue weighted by molar-refractivity contribution is 5.92. The molecular formula is C19H18N4O. The second kappa shape index (κ2) is 5.23. The van der Waals surface area contributed by atoms with E-state index in [0.29, 0.717) is 0 Å². The molecule has 0 aliphatic carbocycles. The second-order valence-electron chi connectivity index (χ2n) is 6.21. The molecule has 0 fully saturated rings. The summed E-state index contributed by atoms with van der Waals surface area (Å²) in [4.78, 5) is 2.05. The third-order valence-corrected chi connectivity index (χ3v) is 4.41. The average Bonchev–Trinajstić information content (AvgIpc) is 3.03. The van der Waals surface area contributed by atoms with Crippen molar-refractivity contribution in [1.29, 1.82) is 0 Å². The molecule has 4 aromatic rings. The summed E-state index contributed by atoms with van der Waals surface area (Å²) in [7, 11) is 4.02. The van der Waals surface area contributed by atoms with Crippen molar-refractivity contribution >= 4 is 22.2 Å². The van der Waals surface area contributed by atoms with E-state index in [0.717, 1.165) is 38.9 Å². The van der Waals surface area contributed by atoms with Crippen molar-refractivity contribution in [2.24, 2.45) is 0 Å². The molecule has 2 aromatic heterocycles. The summed E-state index contributed by atoms with van der Waals surface area (Å²) >= 11 is 0. The lowest BCUT2D eigenvalue weighted by Gasteiger charge is -2.14. The molecule has 1 N–H and O–H groups in total. The number of hydrogen-bond donors (Lipinski definition) is 1. The van der Waals surface area contributed by atoms with E-state index in [2.05, 4.69) is 10.2 Å². The van der Waals surface area contributed by atoms with Crippen molar-refractivity contribution in [3.8, 4) is 16.9 Å². The number of pyridine rings is 1. The first-order chi connectivity index (χ1) is 11.5. The number of rotatable bonds is 2. The zero-order chi connectivity index (χ0) is 16.8. The van der Waals surface area contributed by atoms with Crippen LogP contribution < -0.4 is 4.90 Å². The highest BCUT2D eigenvalue weighted by atomic mass is 16.3. The van der Waals surface area contributed by atoms with Gasteiger partial charge >= 0.3 is 0 Å². The first-order valence-corrected chi connectivity index (χ1v) is 7.78. The minimum absolute atomic E-state index is 0.274. The van der Waals surface area contributed by atoms with Crippen LogP contribution >= 0.6 is 0 Å². The highest BCUT2D eigenvalue weighted by Crippen LogP contribution is 2.35. The summed E-state index contributed by atoms with van der Waals surface area (Å²) in [6.07, 6.45) is 1.70. The fourth-order valence-electron chi connectivity index (χ4n) is 3.06. The second-order valence-corrected chi connectivity index (χ2v) is 6.21. The van der Waals surface area contributed by atoms with E-state index in [9.17, 15) is 5.11 Å². The van der Waals surface area contributed by atoms with Gasteiger partial charge in [0.25, 0.3) is 0 Å². The molecule has 0 bridgehead atoms. The molecule has 0 saturated heterocycles. The van der Waals surface area contributed by atoms with E-state index in [1.165, 1.54) is 0 Å². The lowest BCUT2D eigenvalue weighted by Crippen LogP contribution is -2.07. The van der Waals surface area contributed by atoms with Crippen molar-refractivity contribution in [2.75, 3.05) is 19.0 Å². The van der Waals surface area contributed by atoms with Gasteiger partial charge in [-0.2, -0.15) is 0 Å². The Labute approximate surface area is 139 Å². The van der Waals surface area contributed by atoms with Gasteiger partial charge in [0.15, 0.2) is 5.65 Å². The molecule has 120 valence electrons. The number of aromatic hydroxyl groups is 1. The first kappa shape index (κ1) is 14.5. The molecule has 0 aliphatic heterocycles. The van der Waals surface area contributed by atoms with Crippen LogP contribution in [0.25, 0.3) is 27.7 Å². The summed E-state index contributed by atoms with van der Waals surface area (Å²) in [6, 6.07) is 13.9. The molecule has 0 saturated carbocycles. The largest absolute Gasteiger partial charge is 0.507 e. The number of fused-ring (bicyclic) bond motifs is 3. The summed E-state index contributed by atoms with van der Waals surface area (Å²) in [5.41, 5.74) is 5.75. The maximum Gasteiger partial charge on any atom is 0.161 e. The lowest BCUT2D eigenvalue weighted by molar-refractivity contribution is 0.478. The number of aryl methyl sites for hydroxylation is 1. The molecule has 0 atom stereocenters. The Kier molecular flexibility index (Phi) is 3.16. The predicted octanol–water partition coefficient (Wildman–Crippen LogP) is 3.63. The van der Waals surface area contributed by atoms with Crippen LogP contribution in [-0.2, 0) is 0 Å². The normalized spacial score (nSPS) is 11.3. The molecule has 0 unspecified atom stereocenters. The zero-order valence-electron chi connectivity index (χ0n) is 13.9. The van der Waals surface area contributed by atoms with Crippen LogP contribution in [0.1, 0.15) is 5.56 Å². The van der Waals surface area contributed by atoms with Crippen molar-refractivity contribution in [2.45, 2.75) is 6.92 Å². The Bertz CT molecular complexity index is 1050. The number of benzene rings is 2. The van der Waals surface area contributed by atoms with E-state index in [1.54, 1.807) is 6.33 Å². The van der Waals surface area contributed by atoms with E-state index < -0.39 is 0 Å². The fourth-order valence-corrected chi connectivity index (χ4v) is 3.06. The van der Waals surface area contributed by atoms with Crippen LogP contribution in [0.4, 0.5) is 5.69 Å². The van der Waals surface area contributed by atoms with Crippen molar-refractivity contribution < 1.29 is 5.11 Å². The number of anilines is 1. The highest BCUT2D eigenvalue weighted by Gasteiger charge is 2.12. The topological polar surface area (TPSA) is 53.7 Å². The molecule has 2 heterocycles. The van der Waals surface area contributed by atoms with Gasteiger partial charge in [0.05, 0.1) is 5.52 Å². The summed E-state index contributed by atoms with van der Waals surface area (Å²) in [5.74, 6) is 0.274. The molecule has 2 aromatic carbocycles. The van der Waals surface area contributed by atoms with E-state index in [1.807, 2.05) is 72.8 Å². The van der Waals surface area contributed by atoms with E-state index in [4.69, 9.17) is 0 Å². The summed E-state index contributed by atoms with van der Waals surface area (Å²) in [5, 5.41) is 19.7. The minimum atomic E-state index is 0.274. The lowest BCUT2D eigenvalue weighted by atomic mass is 10.00. The Morgan fingerprint density at radius 1 is 1.04 bits per heavy atom. The van der Waals surface area contributed by atoms with E-state index in [-0.39, 0.29) is 5.75 Å². The molecule has 0 aliphatic rings. The maximum atomic E-state index is 10.5. The Hall–Kier alpha value is -3.08. The van der Waals surface area contributed by atoms with Crippen LogP contribution in [0.15, 0.2) is 48.8 Å². The Morgan fingerprint density at radius 2 is 1.79 bits per heavy atom. The number of aromatic nitrogens is 3. The van der Waals surface area contributed by atoms with Gasteiger partial charge in [-0.1, -0.05) is 12.1 Å². The minimum Gasteiger partial charge on any atom is -0.507 e. The van der Waals surface area contributed by atoms with Gasteiger partial charge in [0, 0.05) is 30.7 Å². The van der Waals surface area contributed by atoms with Gasteiger partial charge in [0.1, 0.15) is 12.1 Å². The first-order valence-electron chi connectivity index (χ1n) is 7.78. The Balaban J connectivity index is 1.97. The smallest absolute Gasteiger partial charge is 0.161 e. The Morgan fingerprint density at radius 3 is 2.50 bits per heavy atom. The van der Waals surface area contributed by atoms with Crippen LogP contribution in [0, 0.1) is 6.92 Å². The van der Waals surface area contributed by atoms with E-state index >= 15 is 0 Å². The van der Waals surface area contributed by atoms with Crippen LogP contribution in [0.5, 0.6) is 5.75 Å². The number of hydrogen-bond acceptors (Lipinski definition) is 4. The molecular weight excluding hydrogens is 300 g/mol. The molecule has 0 radical (unpaired) electrons. The zero-order valence-corrected chi connectivity index (χ0v) is 13.9. The van der Waals surface area contributed by atoms with Crippen molar-refractivity contribution in [1.82, 2.24) is 14.6 Å². The number of phenols is 1. The molecule has 24 heavy (non-hydrogen) atoms. The maximum absolute atomic E-state index is 10.5. The summed E-state index contributed by atoms with van der Waals surface area (Å²) in [6.45, 7) is 2.02. The van der Waals surface area contributed by atoms with Crippen LogP contribution in [0.2, 0.25) is 0 Å². The standard InChI is InChI=1S/C19H18N4O/c1-12-8-19-21-20-11-23(19)17-9-16(18(24)10-15(12)17)13-4-6-14(7-5-13)22(2)3/h4-11,24H,1-3H3. The molecule has 4 rings (SSSR count). The summed E-state index contributed by atoms with van der Waals surface area (Å²) < 4.78 is 1.94. The van der Waals surface area contributed by atoms with Gasteiger partial charge in [0.2, 0.25) is 0 Å². The van der Waals surface area contributed by atoms with Crippen molar-refractivity contribution in [3.63, 3.8) is 0 Å². The van der Waals surface area contributed by atoms with Crippen molar-refractivity contribution in [3.05, 3.63) is 54.4 Å². The third-order valence-electron chi connectivity index (χ3n) is 4.41. The molecule has 5 nitrogen and oxygen atoms in total. The molecule has 0 amide bonds. The SMILES string of the molecule is Cc1cc2nncn2c2cc(-c3ccc(N(C)C)cc3)c(O)cc12. The third kappa shape index (κ3) is 2.17. The van der Waals surface area contributed by atoms with Gasteiger partial charge in [-0.05, 0) is 48.4 Å². The predicted molar refractivity (Wildman–Crippen MR) is 96.7 cm³/mol. The van der Waals surface area contributed by atoms with Crippen LogP contribution in [0.3, 0.4) is 0 Å².